The van der Waals surface area contributed by atoms with Gasteiger partial charge in [-0.3, -0.25) is 19.3 Å². The van der Waals surface area contributed by atoms with Crippen LogP contribution in [0.1, 0.15) is 16.1 Å². The zero-order valence-corrected chi connectivity index (χ0v) is 20.1. The van der Waals surface area contributed by atoms with Crippen LogP contribution in [0.25, 0.3) is 10.8 Å². The molecule has 1 aliphatic rings. The van der Waals surface area contributed by atoms with Crippen LogP contribution in [0.15, 0.2) is 83.7 Å². The van der Waals surface area contributed by atoms with E-state index in [2.05, 4.69) is 10.4 Å². The predicted molar refractivity (Wildman–Crippen MR) is 139 cm³/mol. The van der Waals surface area contributed by atoms with Gasteiger partial charge in [0.1, 0.15) is 5.82 Å². The number of benzene rings is 3. The van der Waals surface area contributed by atoms with Crippen molar-refractivity contribution >= 4 is 28.3 Å². The first-order valence-corrected chi connectivity index (χ1v) is 12.1. The fraction of sp³-hybridized carbons (Fsp3) is 0.214. The van der Waals surface area contributed by atoms with Crippen LogP contribution in [-0.4, -0.2) is 64.1 Å². The van der Waals surface area contributed by atoms with Gasteiger partial charge in [0, 0.05) is 37.3 Å². The van der Waals surface area contributed by atoms with Gasteiger partial charge in [-0.15, -0.1) is 0 Å². The minimum Gasteiger partial charge on any atom is -0.335 e. The van der Waals surface area contributed by atoms with Gasteiger partial charge in [0.15, 0.2) is 5.69 Å². The molecule has 8 nitrogen and oxygen atoms in total. The molecule has 2 heterocycles. The molecule has 3 aromatic carbocycles. The molecule has 5 rings (SSSR count). The summed E-state index contributed by atoms with van der Waals surface area (Å²) in [6, 6.07) is 22.2. The van der Waals surface area contributed by atoms with E-state index in [1.807, 2.05) is 35.2 Å². The average molecular weight is 500 g/mol. The Morgan fingerprint density at radius 1 is 0.838 bits per heavy atom. The van der Waals surface area contributed by atoms with E-state index in [1.165, 1.54) is 28.9 Å². The molecule has 1 fully saturated rings. The number of nitrogens with one attached hydrogen (secondary N) is 1. The molecular formula is C28H26FN5O3. The van der Waals surface area contributed by atoms with Crippen LogP contribution in [0.2, 0.25) is 0 Å². The van der Waals surface area contributed by atoms with E-state index in [-0.39, 0.29) is 42.0 Å². The van der Waals surface area contributed by atoms with Crippen molar-refractivity contribution in [2.24, 2.45) is 0 Å². The first kappa shape index (κ1) is 24.3. The highest BCUT2D eigenvalue weighted by atomic mass is 19.1. The Bertz CT molecular complexity index is 1480. The van der Waals surface area contributed by atoms with Crippen LogP contribution in [0.5, 0.6) is 0 Å². The zero-order valence-electron chi connectivity index (χ0n) is 20.1. The molecule has 4 aromatic rings. The number of rotatable bonds is 6. The smallest absolute Gasteiger partial charge is 0.275 e. The minimum absolute atomic E-state index is 0.169. The highest BCUT2D eigenvalue weighted by molar-refractivity contribution is 6.04. The molecule has 0 unspecified atom stereocenters. The number of amides is 2. The van der Waals surface area contributed by atoms with Crippen molar-refractivity contribution in [3.05, 3.63) is 106 Å². The maximum absolute atomic E-state index is 13.5. The third-order valence-electron chi connectivity index (χ3n) is 6.40. The summed E-state index contributed by atoms with van der Waals surface area (Å²) in [5, 5.41) is 8.24. The lowest BCUT2D eigenvalue weighted by Gasteiger charge is -2.34. The van der Waals surface area contributed by atoms with E-state index in [4.69, 9.17) is 0 Å². The van der Waals surface area contributed by atoms with Crippen molar-refractivity contribution in [1.29, 1.82) is 0 Å². The van der Waals surface area contributed by atoms with Crippen molar-refractivity contribution < 1.29 is 14.0 Å². The quantitative estimate of drug-likeness (QED) is 0.441. The molecule has 0 radical (unpaired) electrons. The lowest BCUT2D eigenvalue weighted by Crippen LogP contribution is -2.50. The Hall–Kier alpha value is -4.37. The van der Waals surface area contributed by atoms with Gasteiger partial charge in [0.05, 0.1) is 18.5 Å². The summed E-state index contributed by atoms with van der Waals surface area (Å²) in [7, 11) is 0. The molecule has 1 aliphatic heterocycles. The topological polar surface area (TPSA) is 87.5 Å². The molecule has 2 amide bonds. The Labute approximate surface area is 212 Å². The SMILES string of the molecule is O=C(CN1CCN(C(=O)c2nn(Cc3ccccc3)c(=O)c3ccccc23)CC1)Nc1ccc(F)cc1. The molecule has 1 saturated heterocycles. The number of hydrogen-bond donors (Lipinski definition) is 1. The Morgan fingerprint density at radius 2 is 1.49 bits per heavy atom. The molecular weight excluding hydrogens is 473 g/mol. The van der Waals surface area contributed by atoms with Crippen LogP contribution in [0.3, 0.4) is 0 Å². The molecule has 1 aromatic heterocycles. The summed E-state index contributed by atoms with van der Waals surface area (Å²) in [6.45, 7) is 2.32. The number of carbonyl (C=O) groups excluding carboxylic acids is 2. The molecule has 188 valence electrons. The highest BCUT2D eigenvalue weighted by Crippen LogP contribution is 2.17. The minimum atomic E-state index is -0.364. The first-order chi connectivity index (χ1) is 18.0. The molecule has 0 spiro atoms. The van der Waals surface area contributed by atoms with Gasteiger partial charge in [0.25, 0.3) is 11.5 Å². The number of aromatic nitrogens is 2. The van der Waals surface area contributed by atoms with Crippen LogP contribution >= 0.6 is 0 Å². The fourth-order valence-corrected chi connectivity index (χ4v) is 4.45. The van der Waals surface area contributed by atoms with E-state index in [1.54, 1.807) is 29.2 Å². The van der Waals surface area contributed by atoms with E-state index in [0.29, 0.717) is 42.6 Å². The van der Waals surface area contributed by atoms with Crippen molar-refractivity contribution in [2.75, 3.05) is 38.0 Å². The monoisotopic (exact) mass is 499 g/mol. The van der Waals surface area contributed by atoms with Gasteiger partial charge in [-0.25, -0.2) is 9.07 Å². The van der Waals surface area contributed by atoms with Gasteiger partial charge in [-0.1, -0.05) is 48.5 Å². The highest BCUT2D eigenvalue weighted by Gasteiger charge is 2.26. The van der Waals surface area contributed by atoms with E-state index < -0.39 is 0 Å². The standard InChI is InChI=1S/C28H26FN5O3/c29-21-10-12-22(13-11-21)30-25(35)19-32-14-16-33(17-15-32)28(37)26-23-8-4-5-9-24(23)27(36)34(31-26)18-20-6-2-1-3-7-20/h1-13H,14-19H2,(H,30,35). The molecule has 37 heavy (non-hydrogen) atoms. The second-order valence-electron chi connectivity index (χ2n) is 8.97. The largest absolute Gasteiger partial charge is 0.335 e. The Balaban J connectivity index is 1.28. The molecule has 9 heteroatoms. The summed E-state index contributed by atoms with van der Waals surface area (Å²) in [4.78, 5) is 42.7. The van der Waals surface area contributed by atoms with Crippen LogP contribution in [0, 0.1) is 5.82 Å². The molecule has 0 saturated carbocycles. The number of anilines is 1. The van der Waals surface area contributed by atoms with Crippen LogP contribution in [-0.2, 0) is 11.3 Å². The normalized spacial score (nSPS) is 14.0. The van der Waals surface area contributed by atoms with Crippen LogP contribution in [0.4, 0.5) is 10.1 Å². The Kier molecular flexibility index (Phi) is 7.04. The Morgan fingerprint density at radius 3 is 2.19 bits per heavy atom. The number of nitrogens with zero attached hydrogens (tertiary/aromatic N) is 4. The lowest BCUT2D eigenvalue weighted by atomic mass is 10.1. The van der Waals surface area contributed by atoms with Gasteiger partial charge in [-0.2, -0.15) is 5.10 Å². The van der Waals surface area contributed by atoms with Crippen molar-refractivity contribution in [2.45, 2.75) is 6.54 Å². The number of carbonyl (C=O) groups is 2. The number of piperazine rings is 1. The average Bonchev–Trinajstić information content (AvgIpc) is 2.92. The first-order valence-electron chi connectivity index (χ1n) is 12.1. The van der Waals surface area contributed by atoms with Gasteiger partial charge >= 0.3 is 0 Å². The molecule has 1 N–H and O–H groups in total. The van der Waals surface area contributed by atoms with E-state index >= 15 is 0 Å². The lowest BCUT2D eigenvalue weighted by molar-refractivity contribution is -0.117. The van der Waals surface area contributed by atoms with Crippen molar-refractivity contribution in [1.82, 2.24) is 19.6 Å². The number of halogens is 1. The summed E-state index contributed by atoms with van der Waals surface area (Å²) in [6.07, 6.45) is 0. The van der Waals surface area contributed by atoms with Crippen LogP contribution < -0.4 is 10.9 Å². The third kappa shape index (κ3) is 5.57. The summed E-state index contributed by atoms with van der Waals surface area (Å²) < 4.78 is 14.4. The van der Waals surface area contributed by atoms with Gasteiger partial charge in [-0.05, 0) is 35.9 Å². The maximum atomic E-state index is 13.5. The van der Waals surface area contributed by atoms with E-state index in [9.17, 15) is 18.8 Å². The third-order valence-corrected chi connectivity index (χ3v) is 6.40. The summed E-state index contributed by atoms with van der Waals surface area (Å²) >= 11 is 0. The summed E-state index contributed by atoms with van der Waals surface area (Å²) in [5.74, 6) is -0.808. The molecule has 0 bridgehead atoms. The zero-order chi connectivity index (χ0) is 25.8. The maximum Gasteiger partial charge on any atom is 0.275 e. The molecule has 0 aliphatic carbocycles. The fourth-order valence-electron chi connectivity index (χ4n) is 4.45. The number of hydrogen-bond acceptors (Lipinski definition) is 5. The van der Waals surface area contributed by atoms with E-state index in [0.717, 1.165) is 5.56 Å². The second kappa shape index (κ2) is 10.7. The van der Waals surface area contributed by atoms with Crippen molar-refractivity contribution in [3.8, 4) is 0 Å². The van der Waals surface area contributed by atoms with Gasteiger partial charge < -0.3 is 10.2 Å². The number of fused-ring (bicyclic) bond motifs is 1. The van der Waals surface area contributed by atoms with Gasteiger partial charge in [0.2, 0.25) is 5.91 Å². The van der Waals surface area contributed by atoms with Crippen molar-refractivity contribution in [3.63, 3.8) is 0 Å². The summed E-state index contributed by atoms with van der Waals surface area (Å²) in [5.41, 5.74) is 1.45. The second-order valence-corrected chi connectivity index (χ2v) is 8.97. The predicted octanol–water partition coefficient (Wildman–Crippen LogP) is 2.98. The molecule has 0 atom stereocenters.